The third kappa shape index (κ3) is 3.31. The standard InChI is InChI=1S/C19H19N3O/c1-14-18(13-19(23)20-16-9-5-3-6-10-16)15(2)22(21-14)17-11-7-4-8-12-17/h3-12H,13H2,1-2H3,(H,20,23). The Balaban J connectivity index is 1.81. The molecule has 3 rings (SSSR count). The van der Waals surface area contributed by atoms with E-state index in [-0.39, 0.29) is 5.91 Å². The van der Waals surface area contributed by atoms with Crippen LogP contribution in [0.15, 0.2) is 60.7 Å². The number of hydrogen-bond donors (Lipinski definition) is 1. The number of hydrogen-bond acceptors (Lipinski definition) is 2. The lowest BCUT2D eigenvalue weighted by Crippen LogP contribution is -2.15. The second kappa shape index (κ2) is 6.48. The summed E-state index contributed by atoms with van der Waals surface area (Å²) in [6, 6.07) is 19.4. The first kappa shape index (κ1) is 15.0. The second-order valence-corrected chi connectivity index (χ2v) is 5.49. The number of carbonyl (C=O) groups excluding carboxylic acids is 1. The summed E-state index contributed by atoms with van der Waals surface area (Å²) in [7, 11) is 0. The highest BCUT2D eigenvalue weighted by molar-refractivity contribution is 5.92. The van der Waals surface area contributed by atoms with Gasteiger partial charge in [-0.3, -0.25) is 4.79 Å². The van der Waals surface area contributed by atoms with E-state index in [4.69, 9.17) is 0 Å². The minimum atomic E-state index is -0.0324. The third-order valence-electron chi connectivity index (χ3n) is 3.84. The summed E-state index contributed by atoms with van der Waals surface area (Å²) >= 11 is 0. The summed E-state index contributed by atoms with van der Waals surface area (Å²) in [5, 5.41) is 7.50. The van der Waals surface area contributed by atoms with Gasteiger partial charge in [-0.15, -0.1) is 0 Å². The van der Waals surface area contributed by atoms with Crippen molar-refractivity contribution in [3.8, 4) is 5.69 Å². The Bertz CT molecular complexity index is 807. The molecule has 116 valence electrons. The van der Waals surface area contributed by atoms with Crippen LogP contribution in [0.4, 0.5) is 5.69 Å². The Labute approximate surface area is 135 Å². The van der Waals surface area contributed by atoms with E-state index < -0.39 is 0 Å². The van der Waals surface area contributed by atoms with Gasteiger partial charge in [-0.05, 0) is 38.1 Å². The summed E-state index contributed by atoms with van der Waals surface area (Å²) in [5.41, 5.74) is 4.67. The van der Waals surface area contributed by atoms with Crippen LogP contribution in [0.2, 0.25) is 0 Å². The van der Waals surface area contributed by atoms with Gasteiger partial charge in [0, 0.05) is 16.9 Å². The Kier molecular flexibility index (Phi) is 4.24. The molecule has 0 unspecified atom stereocenters. The first-order chi connectivity index (χ1) is 11.1. The molecule has 0 fully saturated rings. The van der Waals surface area contributed by atoms with Crippen molar-refractivity contribution in [3.05, 3.63) is 77.6 Å². The smallest absolute Gasteiger partial charge is 0.228 e. The molecule has 0 aliphatic heterocycles. The topological polar surface area (TPSA) is 46.9 Å². The van der Waals surface area contributed by atoms with E-state index in [1.54, 1.807) is 0 Å². The molecule has 0 saturated carbocycles. The van der Waals surface area contributed by atoms with Crippen LogP contribution in [0.5, 0.6) is 0 Å². The van der Waals surface area contributed by atoms with Crippen LogP contribution in [-0.2, 0) is 11.2 Å². The molecule has 4 nitrogen and oxygen atoms in total. The predicted octanol–water partition coefficient (Wildman–Crippen LogP) is 3.67. The van der Waals surface area contributed by atoms with Crippen molar-refractivity contribution in [2.45, 2.75) is 20.3 Å². The molecule has 4 heteroatoms. The summed E-state index contributed by atoms with van der Waals surface area (Å²) in [6.07, 6.45) is 0.319. The van der Waals surface area contributed by atoms with Crippen molar-refractivity contribution in [1.82, 2.24) is 9.78 Å². The van der Waals surface area contributed by atoms with Crippen LogP contribution in [0, 0.1) is 13.8 Å². The lowest BCUT2D eigenvalue weighted by molar-refractivity contribution is -0.115. The quantitative estimate of drug-likeness (QED) is 0.799. The fraction of sp³-hybridized carbons (Fsp3) is 0.158. The number of aryl methyl sites for hydroxylation is 1. The fourth-order valence-electron chi connectivity index (χ4n) is 2.64. The third-order valence-corrected chi connectivity index (χ3v) is 3.84. The van der Waals surface area contributed by atoms with Crippen LogP contribution < -0.4 is 5.32 Å². The van der Waals surface area contributed by atoms with Crippen LogP contribution in [-0.4, -0.2) is 15.7 Å². The number of nitrogens with zero attached hydrogens (tertiary/aromatic N) is 2. The fourth-order valence-corrected chi connectivity index (χ4v) is 2.64. The minimum Gasteiger partial charge on any atom is -0.326 e. The summed E-state index contributed by atoms with van der Waals surface area (Å²) < 4.78 is 1.89. The Morgan fingerprint density at radius 3 is 2.26 bits per heavy atom. The molecule has 0 spiro atoms. The van der Waals surface area contributed by atoms with E-state index in [0.717, 1.165) is 28.3 Å². The van der Waals surface area contributed by atoms with Crippen molar-refractivity contribution in [1.29, 1.82) is 0 Å². The Morgan fingerprint density at radius 1 is 1.00 bits per heavy atom. The van der Waals surface area contributed by atoms with Gasteiger partial charge in [0.2, 0.25) is 5.91 Å². The van der Waals surface area contributed by atoms with Crippen LogP contribution in [0.1, 0.15) is 17.0 Å². The molecule has 1 amide bonds. The largest absolute Gasteiger partial charge is 0.326 e. The maximum Gasteiger partial charge on any atom is 0.228 e. The van der Waals surface area contributed by atoms with Gasteiger partial charge in [0.1, 0.15) is 0 Å². The molecule has 0 bridgehead atoms. The monoisotopic (exact) mass is 305 g/mol. The molecule has 2 aromatic carbocycles. The summed E-state index contributed by atoms with van der Waals surface area (Å²) in [6.45, 7) is 3.94. The van der Waals surface area contributed by atoms with Gasteiger partial charge in [0.15, 0.2) is 0 Å². The van der Waals surface area contributed by atoms with Gasteiger partial charge in [-0.1, -0.05) is 36.4 Å². The number of aromatic nitrogens is 2. The second-order valence-electron chi connectivity index (χ2n) is 5.49. The molecule has 0 saturated heterocycles. The highest BCUT2D eigenvalue weighted by Crippen LogP contribution is 2.19. The average Bonchev–Trinajstić information content (AvgIpc) is 2.85. The van der Waals surface area contributed by atoms with Crippen LogP contribution in [0.3, 0.4) is 0 Å². The van der Waals surface area contributed by atoms with Crippen molar-refractivity contribution < 1.29 is 4.79 Å². The SMILES string of the molecule is Cc1nn(-c2ccccc2)c(C)c1CC(=O)Nc1ccccc1. The Hall–Kier alpha value is -2.88. The number of benzene rings is 2. The first-order valence-electron chi connectivity index (χ1n) is 7.60. The molecule has 1 heterocycles. The number of amides is 1. The zero-order valence-corrected chi connectivity index (χ0v) is 13.3. The van der Waals surface area contributed by atoms with Gasteiger partial charge in [0.05, 0.1) is 17.8 Å². The van der Waals surface area contributed by atoms with E-state index >= 15 is 0 Å². The molecule has 23 heavy (non-hydrogen) atoms. The maximum absolute atomic E-state index is 12.3. The van der Waals surface area contributed by atoms with Gasteiger partial charge in [0.25, 0.3) is 0 Å². The molecule has 0 aliphatic carbocycles. The van der Waals surface area contributed by atoms with Gasteiger partial charge in [-0.25, -0.2) is 4.68 Å². The van der Waals surface area contributed by atoms with E-state index in [1.807, 2.05) is 79.2 Å². The number of rotatable bonds is 4. The van der Waals surface area contributed by atoms with Gasteiger partial charge < -0.3 is 5.32 Å². The highest BCUT2D eigenvalue weighted by atomic mass is 16.1. The lowest BCUT2D eigenvalue weighted by Gasteiger charge is -2.06. The average molecular weight is 305 g/mol. The molecule has 3 aromatic rings. The lowest BCUT2D eigenvalue weighted by atomic mass is 10.1. The van der Waals surface area contributed by atoms with Crippen molar-refractivity contribution >= 4 is 11.6 Å². The predicted molar refractivity (Wildman–Crippen MR) is 91.8 cm³/mol. The number of para-hydroxylation sites is 2. The number of anilines is 1. The van der Waals surface area contributed by atoms with Crippen LogP contribution >= 0.6 is 0 Å². The zero-order valence-electron chi connectivity index (χ0n) is 13.3. The summed E-state index contributed by atoms with van der Waals surface area (Å²) in [5.74, 6) is -0.0324. The van der Waals surface area contributed by atoms with E-state index in [2.05, 4.69) is 10.4 Å². The van der Waals surface area contributed by atoms with Crippen molar-refractivity contribution in [3.63, 3.8) is 0 Å². The van der Waals surface area contributed by atoms with Gasteiger partial charge >= 0.3 is 0 Å². The highest BCUT2D eigenvalue weighted by Gasteiger charge is 2.15. The molecule has 0 aliphatic rings. The molecule has 1 N–H and O–H groups in total. The van der Waals surface area contributed by atoms with Crippen molar-refractivity contribution in [2.75, 3.05) is 5.32 Å². The minimum absolute atomic E-state index is 0.0324. The first-order valence-corrected chi connectivity index (χ1v) is 7.60. The number of carbonyl (C=O) groups is 1. The normalized spacial score (nSPS) is 10.5. The van der Waals surface area contributed by atoms with Crippen molar-refractivity contribution in [2.24, 2.45) is 0 Å². The molecule has 1 aromatic heterocycles. The molecule has 0 radical (unpaired) electrons. The van der Waals surface area contributed by atoms with E-state index in [9.17, 15) is 4.79 Å². The van der Waals surface area contributed by atoms with E-state index in [1.165, 1.54) is 0 Å². The maximum atomic E-state index is 12.3. The van der Waals surface area contributed by atoms with Crippen LogP contribution in [0.25, 0.3) is 5.69 Å². The number of nitrogens with one attached hydrogen (secondary N) is 1. The molecular weight excluding hydrogens is 286 g/mol. The summed E-state index contributed by atoms with van der Waals surface area (Å²) in [4.78, 5) is 12.3. The van der Waals surface area contributed by atoms with E-state index in [0.29, 0.717) is 6.42 Å². The zero-order chi connectivity index (χ0) is 16.2. The molecule has 0 atom stereocenters. The van der Waals surface area contributed by atoms with Gasteiger partial charge in [-0.2, -0.15) is 5.10 Å². The Morgan fingerprint density at radius 2 is 1.61 bits per heavy atom. The molecular formula is C19H19N3O.